The van der Waals surface area contributed by atoms with Gasteiger partial charge in [-0.2, -0.15) is 0 Å². The molecule has 0 saturated heterocycles. The first-order chi connectivity index (χ1) is 9.07. The zero-order valence-corrected chi connectivity index (χ0v) is 13.3. The van der Waals surface area contributed by atoms with Gasteiger partial charge in [-0.3, -0.25) is 0 Å². The van der Waals surface area contributed by atoms with Crippen molar-refractivity contribution in [2.24, 2.45) is 23.2 Å². The predicted octanol–water partition coefficient (Wildman–Crippen LogP) is 5.17. The minimum absolute atomic E-state index is 0.0215. The minimum atomic E-state index is -0.0215. The molecule has 1 N–H and O–H groups in total. The quantitative estimate of drug-likeness (QED) is 0.728. The lowest BCUT2D eigenvalue weighted by molar-refractivity contribution is -0.0458. The van der Waals surface area contributed by atoms with Crippen LogP contribution < -0.4 is 0 Å². The summed E-state index contributed by atoms with van der Waals surface area (Å²) in [6.07, 6.45) is 13.1. The van der Waals surface area contributed by atoms with Gasteiger partial charge < -0.3 is 5.11 Å². The monoisotopic (exact) mass is 266 g/mol. The van der Waals surface area contributed by atoms with Crippen molar-refractivity contribution < 1.29 is 5.11 Å². The Balaban J connectivity index is 2.04. The van der Waals surface area contributed by atoms with Gasteiger partial charge in [-0.25, -0.2) is 0 Å². The highest BCUT2D eigenvalue weighted by Gasteiger charge is 2.44. The third kappa shape index (κ3) is 3.54. The second-order valence-electron chi connectivity index (χ2n) is 7.81. The molecule has 2 saturated carbocycles. The predicted molar refractivity (Wildman–Crippen MR) is 82.1 cm³/mol. The van der Waals surface area contributed by atoms with Crippen molar-refractivity contribution in [1.82, 2.24) is 0 Å². The number of hydrogen-bond donors (Lipinski definition) is 1. The van der Waals surface area contributed by atoms with Gasteiger partial charge in [0.2, 0.25) is 0 Å². The number of hydrogen-bond acceptors (Lipinski definition) is 1. The normalized spacial score (nSPS) is 32.7. The molecule has 2 aliphatic carbocycles. The molecule has 112 valence electrons. The molecule has 2 fully saturated rings. The molecule has 0 radical (unpaired) electrons. The Bertz CT molecular complexity index is 265. The highest BCUT2D eigenvalue weighted by Crippen LogP contribution is 2.50. The van der Waals surface area contributed by atoms with Crippen LogP contribution >= 0.6 is 0 Å². The van der Waals surface area contributed by atoms with E-state index in [-0.39, 0.29) is 11.5 Å². The molecule has 0 aromatic heterocycles. The summed E-state index contributed by atoms with van der Waals surface area (Å²) in [6, 6.07) is 0. The van der Waals surface area contributed by atoms with E-state index in [0.29, 0.717) is 5.92 Å². The van der Waals surface area contributed by atoms with E-state index in [1.807, 2.05) is 0 Å². The van der Waals surface area contributed by atoms with Crippen LogP contribution in [-0.4, -0.2) is 11.2 Å². The molecule has 1 nitrogen and oxygen atoms in total. The van der Waals surface area contributed by atoms with Crippen LogP contribution in [0.25, 0.3) is 0 Å². The van der Waals surface area contributed by atoms with Gasteiger partial charge in [0, 0.05) is 0 Å². The fourth-order valence-corrected chi connectivity index (χ4v) is 5.00. The summed E-state index contributed by atoms with van der Waals surface area (Å²) in [5, 5.41) is 11.1. The Morgan fingerprint density at radius 2 is 1.79 bits per heavy atom. The number of rotatable bonds is 5. The van der Waals surface area contributed by atoms with Crippen LogP contribution in [-0.2, 0) is 0 Å². The minimum Gasteiger partial charge on any atom is -0.392 e. The maximum atomic E-state index is 11.1. The first-order valence-electron chi connectivity index (χ1n) is 8.75. The topological polar surface area (TPSA) is 20.2 Å². The smallest absolute Gasteiger partial charge is 0.0624 e. The van der Waals surface area contributed by atoms with E-state index >= 15 is 0 Å². The molecule has 2 aliphatic rings. The van der Waals surface area contributed by atoms with Gasteiger partial charge in [0.25, 0.3) is 0 Å². The van der Waals surface area contributed by atoms with Gasteiger partial charge in [-0.1, -0.05) is 52.9 Å². The van der Waals surface area contributed by atoms with Crippen molar-refractivity contribution in [3.8, 4) is 0 Å². The van der Waals surface area contributed by atoms with Crippen LogP contribution in [0.2, 0.25) is 0 Å². The second kappa shape index (κ2) is 6.61. The Kier molecular flexibility index (Phi) is 5.34. The molecule has 2 rings (SSSR count). The number of aliphatic hydroxyl groups excluding tert-OH is 1. The van der Waals surface area contributed by atoms with Gasteiger partial charge in [-0.05, 0) is 55.3 Å². The average Bonchev–Trinajstić information content (AvgIpc) is 2.86. The third-order valence-electron chi connectivity index (χ3n) is 5.89. The maximum absolute atomic E-state index is 11.1. The zero-order valence-electron chi connectivity index (χ0n) is 13.3. The fourth-order valence-electron chi connectivity index (χ4n) is 5.00. The first kappa shape index (κ1) is 15.4. The van der Waals surface area contributed by atoms with Gasteiger partial charge in [0.1, 0.15) is 0 Å². The summed E-state index contributed by atoms with van der Waals surface area (Å²) in [5.74, 6) is 2.19. The Labute approximate surface area is 120 Å². The van der Waals surface area contributed by atoms with E-state index in [0.717, 1.165) is 11.8 Å². The van der Waals surface area contributed by atoms with Gasteiger partial charge >= 0.3 is 0 Å². The largest absolute Gasteiger partial charge is 0.392 e. The van der Waals surface area contributed by atoms with Crippen molar-refractivity contribution in [3.05, 3.63) is 0 Å². The lowest BCUT2D eigenvalue weighted by atomic mass is 9.65. The Morgan fingerprint density at radius 1 is 1.11 bits per heavy atom. The molecule has 0 aromatic carbocycles. The summed E-state index contributed by atoms with van der Waals surface area (Å²) in [7, 11) is 0. The molecule has 0 aromatic rings. The van der Waals surface area contributed by atoms with Crippen molar-refractivity contribution in [1.29, 1.82) is 0 Å². The molecule has 3 atom stereocenters. The molecular formula is C18H34O. The van der Waals surface area contributed by atoms with Crippen molar-refractivity contribution in [2.45, 2.75) is 91.1 Å². The Morgan fingerprint density at radius 3 is 2.37 bits per heavy atom. The molecule has 0 heterocycles. The number of aliphatic hydroxyl groups is 1. The van der Waals surface area contributed by atoms with Crippen LogP contribution in [0.15, 0.2) is 0 Å². The summed E-state index contributed by atoms with van der Waals surface area (Å²) in [6.45, 7) is 6.96. The fraction of sp³-hybridized carbons (Fsp3) is 1.00. The molecule has 0 spiro atoms. The van der Waals surface area contributed by atoms with Gasteiger partial charge in [0.05, 0.1) is 6.10 Å². The SMILES string of the molecule is CCC1CCCC(C(O)C2(CC(C)C)CCCC2)C1. The van der Waals surface area contributed by atoms with Crippen molar-refractivity contribution in [2.75, 3.05) is 0 Å². The summed E-state index contributed by atoms with van der Waals surface area (Å²) in [5.41, 5.74) is 0.272. The van der Waals surface area contributed by atoms with Crippen LogP contribution in [0.3, 0.4) is 0 Å². The molecule has 0 aliphatic heterocycles. The lowest BCUT2D eigenvalue weighted by Crippen LogP contribution is -2.41. The standard InChI is InChI=1S/C18H34O/c1-4-15-8-7-9-16(12-15)17(19)18(13-14(2)3)10-5-6-11-18/h14-17,19H,4-13H2,1-3H3. The molecule has 19 heavy (non-hydrogen) atoms. The highest BCUT2D eigenvalue weighted by molar-refractivity contribution is 4.95. The van der Waals surface area contributed by atoms with E-state index in [4.69, 9.17) is 0 Å². The van der Waals surface area contributed by atoms with Crippen LogP contribution in [0.4, 0.5) is 0 Å². The van der Waals surface area contributed by atoms with Crippen LogP contribution in [0.5, 0.6) is 0 Å². The molecule has 3 unspecified atom stereocenters. The van der Waals surface area contributed by atoms with E-state index < -0.39 is 0 Å². The Hall–Kier alpha value is -0.0400. The van der Waals surface area contributed by atoms with E-state index in [1.165, 1.54) is 64.2 Å². The average molecular weight is 266 g/mol. The summed E-state index contributed by atoms with van der Waals surface area (Å²) < 4.78 is 0. The zero-order chi connectivity index (χ0) is 13.9. The molecule has 1 heteroatoms. The molecule has 0 amide bonds. The van der Waals surface area contributed by atoms with E-state index in [9.17, 15) is 5.11 Å². The van der Waals surface area contributed by atoms with Gasteiger partial charge in [-0.15, -0.1) is 0 Å². The lowest BCUT2D eigenvalue weighted by Gasteiger charge is -2.43. The molecule has 0 bridgehead atoms. The van der Waals surface area contributed by atoms with Gasteiger partial charge in [0.15, 0.2) is 0 Å². The van der Waals surface area contributed by atoms with Crippen molar-refractivity contribution in [3.63, 3.8) is 0 Å². The maximum Gasteiger partial charge on any atom is 0.0624 e. The second-order valence-corrected chi connectivity index (χ2v) is 7.81. The highest BCUT2D eigenvalue weighted by atomic mass is 16.3. The van der Waals surface area contributed by atoms with E-state index in [1.54, 1.807) is 0 Å². The van der Waals surface area contributed by atoms with Crippen LogP contribution in [0, 0.1) is 23.2 Å². The summed E-state index contributed by atoms with van der Waals surface area (Å²) in [4.78, 5) is 0. The summed E-state index contributed by atoms with van der Waals surface area (Å²) >= 11 is 0. The third-order valence-corrected chi connectivity index (χ3v) is 5.89. The van der Waals surface area contributed by atoms with Crippen LogP contribution in [0.1, 0.15) is 85.0 Å². The molecular weight excluding hydrogens is 232 g/mol. The van der Waals surface area contributed by atoms with E-state index in [2.05, 4.69) is 20.8 Å². The van der Waals surface area contributed by atoms with Crippen molar-refractivity contribution >= 4 is 0 Å². The first-order valence-corrected chi connectivity index (χ1v) is 8.75.